The van der Waals surface area contributed by atoms with Gasteiger partial charge in [-0.2, -0.15) is 26.3 Å². The predicted octanol–water partition coefficient (Wildman–Crippen LogP) is 6.65. The van der Waals surface area contributed by atoms with E-state index in [0.29, 0.717) is 11.0 Å². The minimum absolute atomic E-state index is 0.0898. The van der Waals surface area contributed by atoms with Gasteiger partial charge in [0.2, 0.25) is 0 Å². The van der Waals surface area contributed by atoms with Crippen molar-refractivity contribution < 1.29 is 63.0 Å². The van der Waals surface area contributed by atoms with Gasteiger partial charge in [0.25, 0.3) is 0 Å². The molecule has 0 saturated heterocycles. The average Bonchev–Trinajstić information content (AvgIpc) is 3.27. The number of alkyl halides is 7. The second-order valence-electron chi connectivity index (χ2n) is 11.4. The van der Waals surface area contributed by atoms with Gasteiger partial charge < -0.3 is 9.84 Å². The molecule has 1 saturated carbocycles. The first-order valence-corrected chi connectivity index (χ1v) is 14.2. The summed E-state index contributed by atoms with van der Waals surface area (Å²) >= 11 is 0. The smallest absolute Gasteiger partial charge is 0.435 e. The zero-order chi connectivity index (χ0) is 32.6. The number of ether oxygens (including phenoxy) is 1. The zero-order valence-electron chi connectivity index (χ0n) is 22.7. The number of rotatable bonds is 4. The Kier molecular flexibility index (Phi) is 7.60. The molecule has 0 unspecified atom stereocenters. The minimum Gasteiger partial charge on any atom is -0.481 e. The van der Waals surface area contributed by atoms with Crippen LogP contribution in [0, 0.1) is 17.7 Å². The van der Waals surface area contributed by atoms with E-state index in [-0.39, 0.29) is 18.6 Å². The highest BCUT2D eigenvalue weighted by Gasteiger charge is 2.74. The molecule has 0 bridgehead atoms. The second kappa shape index (κ2) is 10.1. The monoisotopic (exact) mass is 643 g/mol. The maximum absolute atomic E-state index is 15.2. The highest BCUT2D eigenvalue weighted by atomic mass is 32.2. The highest BCUT2D eigenvalue weighted by molar-refractivity contribution is 7.92. The van der Waals surface area contributed by atoms with Crippen molar-refractivity contribution in [2.45, 2.75) is 66.9 Å². The van der Waals surface area contributed by atoms with E-state index in [9.17, 15) is 53.8 Å². The molecule has 43 heavy (non-hydrogen) atoms. The molecule has 1 N–H and O–H groups in total. The molecule has 7 nitrogen and oxygen atoms in total. The molecule has 1 amide bonds. The average molecular weight is 644 g/mol. The van der Waals surface area contributed by atoms with Gasteiger partial charge in [-0.3, -0.25) is 9.69 Å². The van der Waals surface area contributed by atoms with Gasteiger partial charge in [0.05, 0.1) is 16.5 Å². The van der Waals surface area contributed by atoms with E-state index in [1.54, 1.807) is 0 Å². The molecule has 2 aliphatic rings. The number of carboxylic acids is 1. The fraction of sp³-hybridized carbons (Fsp3) is 0.481. The molecule has 4 rings (SSSR count). The number of fused-ring (bicyclic) bond motifs is 3. The fourth-order valence-electron chi connectivity index (χ4n) is 5.89. The standard InChI is InChI=1S/C27H25F8NO6S/c1-23(2,3)42-22(39)36-13-19-17(21(37)38)10-11-24(19,43(40,41)16-7-5-15(28)6-8-16)18-9-4-14(12-20(18)36)25(29,26(30,31)32)27(33,34)35/h4-9,12,17,19H,10-11,13H2,1-3H3,(H,37,38)/t17-,19+,24-/m1/s1. The Balaban J connectivity index is 2.09. The maximum atomic E-state index is 15.2. The Labute approximate surface area is 240 Å². The lowest BCUT2D eigenvalue weighted by atomic mass is 9.78. The third kappa shape index (κ3) is 5.00. The number of nitrogens with zero attached hydrogens (tertiary/aromatic N) is 1. The summed E-state index contributed by atoms with van der Waals surface area (Å²) in [7, 11) is -4.79. The Morgan fingerprint density at radius 2 is 1.51 bits per heavy atom. The Bertz CT molecular complexity index is 1540. The summed E-state index contributed by atoms with van der Waals surface area (Å²) in [4.78, 5) is 25.5. The molecule has 2 aromatic carbocycles. The van der Waals surface area contributed by atoms with E-state index in [1.807, 2.05) is 0 Å². The van der Waals surface area contributed by atoms with Gasteiger partial charge in [0, 0.05) is 18.0 Å². The lowest BCUT2D eigenvalue weighted by molar-refractivity contribution is -0.348. The van der Waals surface area contributed by atoms with E-state index >= 15 is 4.39 Å². The second-order valence-corrected chi connectivity index (χ2v) is 13.6. The number of halogens is 8. The highest BCUT2D eigenvalue weighted by Crippen LogP contribution is 2.61. The van der Waals surface area contributed by atoms with Crippen LogP contribution in [0.3, 0.4) is 0 Å². The number of aliphatic carboxylic acids is 1. The van der Waals surface area contributed by atoms with Crippen LogP contribution in [0.2, 0.25) is 0 Å². The van der Waals surface area contributed by atoms with Crippen LogP contribution in [0.15, 0.2) is 47.4 Å². The molecule has 1 aliphatic heterocycles. The van der Waals surface area contributed by atoms with Crippen molar-refractivity contribution in [2.75, 3.05) is 11.4 Å². The first-order chi connectivity index (χ1) is 19.5. The molecule has 3 atom stereocenters. The Morgan fingerprint density at radius 3 is 2.00 bits per heavy atom. The van der Waals surface area contributed by atoms with Gasteiger partial charge in [0.15, 0.2) is 9.84 Å². The number of hydrogen-bond acceptors (Lipinski definition) is 5. The molecule has 236 valence electrons. The van der Waals surface area contributed by atoms with Crippen LogP contribution in [-0.4, -0.2) is 50.1 Å². The zero-order valence-corrected chi connectivity index (χ0v) is 23.5. The van der Waals surface area contributed by atoms with Crippen LogP contribution in [0.25, 0.3) is 0 Å². The number of sulfone groups is 1. The van der Waals surface area contributed by atoms with Crippen LogP contribution in [0.1, 0.15) is 44.7 Å². The molecule has 16 heteroatoms. The lowest BCUT2D eigenvalue weighted by Gasteiger charge is -2.46. The van der Waals surface area contributed by atoms with Crippen molar-refractivity contribution >= 4 is 27.6 Å². The normalized spacial score (nSPS) is 23.0. The van der Waals surface area contributed by atoms with Gasteiger partial charge >= 0.3 is 30.1 Å². The molecule has 1 aliphatic carbocycles. The van der Waals surface area contributed by atoms with Crippen LogP contribution in [0.5, 0.6) is 0 Å². The quantitative estimate of drug-likeness (QED) is 0.296. The molecule has 0 aromatic heterocycles. The van der Waals surface area contributed by atoms with Crippen LogP contribution in [0.4, 0.5) is 45.6 Å². The summed E-state index contributed by atoms with van der Waals surface area (Å²) in [6.07, 6.45) is -15.2. The van der Waals surface area contributed by atoms with E-state index < -0.39 is 103 Å². The van der Waals surface area contributed by atoms with E-state index in [4.69, 9.17) is 4.74 Å². The molecule has 0 spiro atoms. The summed E-state index contributed by atoms with van der Waals surface area (Å²) in [5.74, 6) is -5.24. The van der Waals surface area contributed by atoms with Gasteiger partial charge in [-0.25, -0.2) is 22.0 Å². The predicted molar refractivity (Wildman–Crippen MR) is 134 cm³/mol. The molecule has 1 heterocycles. The van der Waals surface area contributed by atoms with Gasteiger partial charge in [0.1, 0.15) is 16.2 Å². The van der Waals surface area contributed by atoms with E-state index in [1.165, 1.54) is 20.8 Å². The summed E-state index contributed by atoms with van der Waals surface area (Å²) in [6, 6.07) is 4.08. The lowest BCUT2D eigenvalue weighted by Crippen LogP contribution is -2.55. The molecule has 1 fully saturated rings. The number of hydrogen-bond donors (Lipinski definition) is 1. The number of carbonyl (C=O) groups is 2. The first-order valence-electron chi connectivity index (χ1n) is 12.7. The third-order valence-corrected chi connectivity index (χ3v) is 10.3. The third-order valence-electron chi connectivity index (χ3n) is 7.75. The summed E-state index contributed by atoms with van der Waals surface area (Å²) in [6.45, 7) is 3.35. The van der Waals surface area contributed by atoms with Gasteiger partial charge in [-0.05, 0) is 69.5 Å². The number of carboxylic acid groups (broad SMARTS) is 1. The van der Waals surface area contributed by atoms with Crippen LogP contribution in [-0.2, 0) is 29.8 Å². The first kappa shape index (κ1) is 32.5. The maximum Gasteiger partial charge on any atom is 0.435 e. The van der Waals surface area contributed by atoms with Crippen molar-refractivity contribution in [3.8, 4) is 0 Å². The van der Waals surface area contributed by atoms with Crippen LogP contribution >= 0.6 is 0 Å². The van der Waals surface area contributed by atoms with Gasteiger partial charge in [-0.15, -0.1) is 0 Å². The summed E-state index contributed by atoms with van der Waals surface area (Å²) < 4.78 is 142. The Hall–Kier alpha value is -3.43. The van der Waals surface area contributed by atoms with Crippen molar-refractivity contribution in [2.24, 2.45) is 11.8 Å². The largest absolute Gasteiger partial charge is 0.481 e. The fourth-order valence-corrected chi connectivity index (χ4v) is 8.29. The topological polar surface area (TPSA) is 101 Å². The minimum atomic E-state index is -6.52. The van der Waals surface area contributed by atoms with Crippen molar-refractivity contribution in [1.82, 2.24) is 0 Å². The number of amides is 1. The molecule has 2 aromatic rings. The van der Waals surface area contributed by atoms with Crippen molar-refractivity contribution in [3.63, 3.8) is 0 Å². The summed E-state index contributed by atoms with van der Waals surface area (Å²) in [5.41, 5.74) is -10.5. The molecular formula is C27H25F8NO6S. The summed E-state index contributed by atoms with van der Waals surface area (Å²) in [5, 5.41) is 9.95. The van der Waals surface area contributed by atoms with Crippen molar-refractivity contribution in [3.05, 3.63) is 59.4 Å². The Morgan fingerprint density at radius 1 is 0.953 bits per heavy atom. The number of anilines is 1. The van der Waals surface area contributed by atoms with E-state index in [2.05, 4.69) is 0 Å². The van der Waals surface area contributed by atoms with E-state index in [0.717, 1.165) is 24.3 Å². The number of benzene rings is 2. The van der Waals surface area contributed by atoms with Gasteiger partial charge in [-0.1, -0.05) is 12.1 Å². The van der Waals surface area contributed by atoms with Crippen molar-refractivity contribution in [1.29, 1.82) is 0 Å². The van der Waals surface area contributed by atoms with Crippen LogP contribution < -0.4 is 4.90 Å². The molecule has 0 radical (unpaired) electrons. The number of carbonyl (C=O) groups excluding carboxylic acids is 1. The molecular weight excluding hydrogens is 618 g/mol. The SMILES string of the molecule is CC(C)(C)OC(=O)N1C[C@H]2[C@H](C(=O)O)CC[C@@]2(S(=O)(=O)c2ccc(F)cc2)c2ccc(C(F)(C(F)(F)F)C(F)(F)F)cc21.